The fourth-order valence-corrected chi connectivity index (χ4v) is 1.55. The molecule has 0 aliphatic rings. The van der Waals surface area contributed by atoms with Crippen molar-refractivity contribution < 1.29 is 15.0 Å². The molecule has 10 heteroatoms. The Labute approximate surface area is 115 Å². The van der Waals surface area contributed by atoms with E-state index in [1.165, 1.54) is 10.9 Å². The van der Waals surface area contributed by atoms with E-state index >= 15 is 0 Å². The predicted octanol–water partition coefficient (Wildman–Crippen LogP) is 0.0762. The maximum absolute atomic E-state index is 11.2. The third-order valence-electron chi connectivity index (χ3n) is 2.49. The lowest BCUT2D eigenvalue weighted by molar-refractivity contribution is -0.139. The van der Waals surface area contributed by atoms with Crippen LogP contribution >= 0.6 is 0 Å². The van der Waals surface area contributed by atoms with Gasteiger partial charge in [0, 0.05) is 24.6 Å². The van der Waals surface area contributed by atoms with Crippen molar-refractivity contribution in [3.8, 4) is 0 Å². The average molecular weight is 283 g/mol. The number of aryl methyl sites for hydroxylation is 1. The Morgan fingerprint density at radius 2 is 2.40 bits per heavy atom. The number of aliphatic carboxylic acids is 1. The summed E-state index contributed by atoms with van der Waals surface area (Å²) in [6.07, 6.45) is 2.60. The van der Waals surface area contributed by atoms with Gasteiger partial charge < -0.3 is 10.2 Å². The van der Waals surface area contributed by atoms with Crippen LogP contribution in [0.4, 0.5) is 0 Å². The van der Waals surface area contributed by atoms with Crippen molar-refractivity contribution in [3.63, 3.8) is 0 Å². The summed E-state index contributed by atoms with van der Waals surface area (Å²) < 4.78 is 1.49. The first-order valence-corrected chi connectivity index (χ1v) is 6.17. The van der Waals surface area contributed by atoms with Gasteiger partial charge in [-0.1, -0.05) is 10.3 Å². The highest BCUT2D eigenvalue weighted by molar-refractivity contribution is 5.74. The molecule has 0 amide bonds. The van der Waals surface area contributed by atoms with E-state index in [9.17, 15) is 4.79 Å². The normalized spacial score (nSPS) is 11.8. The fourth-order valence-electron chi connectivity index (χ4n) is 1.55. The number of nitrogens with one attached hydrogen (secondary N) is 1. The van der Waals surface area contributed by atoms with Crippen LogP contribution in [0, 0.1) is 0 Å². The van der Waals surface area contributed by atoms with E-state index in [1.807, 2.05) is 0 Å². The molecule has 1 aromatic rings. The molecule has 3 N–H and O–H groups in total. The lowest BCUT2D eigenvalue weighted by Crippen LogP contribution is -2.30. The molecule has 1 aromatic heterocycles. The maximum Gasteiger partial charge on any atom is 0.327 e. The van der Waals surface area contributed by atoms with Gasteiger partial charge in [-0.2, -0.15) is 0 Å². The number of carbonyl (C=O) groups is 1. The number of azide groups is 1. The zero-order valence-electron chi connectivity index (χ0n) is 10.9. The van der Waals surface area contributed by atoms with E-state index in [0.29, 0.717) is 38.2 Å². The van der Waals surface area contributed by atoms with Crippen LogP contribution in [0.15, 0.2) is 11.3 Å². The Bertz CT molecular complexity index is 469. The third-order valence-corrected chi connectivity index (χ3v) is 2.49. The van der Waals surface area contributed by atoms with Gasteiger partial charge >= 0.3 is 5.97 Å². The van der Waals surface area contributed by atoms with Crippen molar-refractivity contribution in [3.05, 3.63) is 22.3 Å². The number of hydrogen-bond donors (Lipinski definition) is 3. The topological polar surface area (TPSA) is 149 Å². The van der Waals surface area contributed by atoms with Crippen molar-refractivity contribution >= 4 is 5.97 Å². The molecule has 0 aliphatic carbocycles. The number of rotatable bonds is 10. The predicted molar refractivity (Wildman–Crippen MR) is 68.7 cm³/mol. The van der Waals surface area contributed by atoms with E-state index in [2.05, 4.69) is 25.7 Å². The van der Waals surface area contributed by atoms with Crippen molar-refractivity contribution in [2.24, 2.45) is 5.11 Å². The monoisotopic (exact) mass is 283 g/mol. The van der Waals surface area contributed by atoms with E-state index in [4.69, 9.17) is 15.7 Å². The Hall–Kier alpha value is -2.16. The Balaban J connectivity index is 2.54. The van der Waals surface area contributed by atoms with Crippen molar-refractivity contribution in [1.29, 1.82) is 0 Å². The van der Waals surface area contributed by atoms with Gasteiger partial charge in [-0.3, -0.25) is 14.8 Å². The molecule has 0 saturated carbocycles. The summed E-state index contributed by atoms with van der Waals surface area (Å²) >= 11 is 0. The molecular formula is C10H17N7O3. The Kier molecular flexibility index (Phi) is 7.04. The standard InChI is InChI=1S/C10H17N7O3/c11-15-13-4-1-3-12-9(10(19)20)8-7-17(16-14-8)5-2-6-18/h7,9,12,18H,1-6H2,(H,19,20). The average Bonchev–Trinajstić information content (AvgIpc) is 2.88. The van der Waals surface area contributed by atoms with E-state index in [0.717, 1.165) is 0 Å². The van der Waals surface area contributed by atoms with Crippen LogP contribution in [0.25, 0.3) is 10.4 Å². The SMILES string of the molecule is [N-]=[N+]=NCCCNC(C(=O)O)c1cn(CCCO)nn1. The molecule has 0 spiro atoms. The van der Waals surface area contributed by atoms with Gasteiger partial charge in [-0.25, -0.2) is 0 Å². The molecule has 0 fully saturated rings. The van der Waals surface area contributed by atoms with Crippen LogP contribution in [0.3, 0.4) is 0 Å². The van der Waals surface area contributed by atoms with Gasteiger partial charge in [0.05, 0.1) is 6.20 Å². The summed E-state index contributed by atoms with van der Waals surface area (Å²) in [4.78, 5) is 13.8. The molecule has 20 heavy (non-hydrogen) atoms. The first-order valence-electron chi connectivity index (χ1n) is 6.17. The lowest BCUT2D eigenvalue weighted by atomic mass is 10.2. The van der Waals surface area contributed by atoms with Crippen LogP contribution in [0.2, 0.25) is 0 Å². The third kappa shape index (κ3) is 5.22. The first-order chi connectivity index (χ1) is 9.69. The Morgan fingerprint density at radius 3 is 3.05 bits per heavy atom. The van der Waals surface area contributed by atoms with Gasteiger partial charge in [0.25, 0.3) is 0 Å². The molecule has 10 nitrogen and oxygen atoms in total. The number of nitrogens with zero attached hydrogens (tertiary/aromatic N) is 6. The fraction of sp³-hybridized carbons (Fsp3) is 0.700. The summed E-state index contributed by atoms with van der Waals surface area (Å²) in [5, 5.41) is 31.7. The molecular weight excluding hydrogens is 266 g/mol. The second kappa shape index (κ2) is 8.86. The number of carboxylic acids is 1. The largest absolute Gasteiger partial charge is 0.480 e. The maximum atomic E-state index is 11.2. The second-order valence-electron chi connectivity index (χ2n) is 4.02. The van der Waals surface area contributed by atoms with Crippen LogP contribution in [0.5, 0.6) is 0 Å². The molecule has 1 atom stereocenters. The number of aliphatic hydroxyl groups excluding tert-OH is 1. The summed E-state index contributed by atoms with van der Waals surface area (Å²) in [5.74, 6) is -1.05. The molecule has 0 radical (unpaired) electrons. The zero-order valence-corrected chi connectivity index (χ0v) is 10.9. The van der Waals surface area contributed by atoms with Crippen molar-refractivity contribution in [1.82, 2.24) is 20.3 Å². The molecule has 1 heterocycles. The molecule has 110 valence electrons. The van der Waals surface area contributed by atoms with Crippen LogP contribution in [-0.2, 0) is 11.3 Å². The summed E-state index contributed by atoms with van der Waals surface area (Å²) in [5.41, 5.74) is 8.42. The van der Waals surface area contributed by atoms with Gasteiger partial charge in [0.1, 0.15) is 5.69 Å². The van der Waals surface area contributed by atoms with E-state index in [1.54, 1.807) is 0 Å². The van der Waals surface area contributed by atoms with Crippen LogP contribution in [0.1, 0.15) is 24.6 Å². The number of aliphatic hydroxyl groups is 1. The summed E-state index contributed by atoms with van der Waals surface area (Å²) in [6.45, 7) is 1.21. The zero-order chi connectivity index (χ0) is 14.8. The highest BCUT2D eigenvalue weighted by atomic mass is 16.4. The van der Waals surface area contributed by atoms with Crippen LogP contribution in [-0.4, -0.2) is 50.9 Å². The number of carboxylic acid groups (broad SMARTS) is 1. The quantitative estimate of drug-likeness (QED) is 0.239. The van der Waals surface area contributed by atoms with Gasteiger partial charge in [0.15, 0.2) is 6.04 Å². The molecule has 0 saturated heterocycles. The smallest absolute Gasteiger partial charge is 0.327 e. The highest BCUT2D eigenvalue weighted by Gasteiger charge is 2.22. The molecule has 0 aliphatic heterocycles. The molecule has 1 unspecified atom stereocenters. The summed E-state index contributed by atoms with van der Waals surface area (Å²) in [7, 11) is 0. The van der Waals surface area contributed by atoms with Crippen molar-refractivity contribution in [2.75, 3.05) is 19.7 Å². The number of hydrogen-bond acceptors (Lipinski definition) is 6. The van der Waals surface area contributed by atoms with E-state index < -0.39 is 12.0 Å². The van der Waals surface area contributed by atoms with E-state index in [-0.39, 0.29) is 6.61 Å². The van der Waals surface area contributed by atoms with Crippen LogP contribution < -0.4 is 5.32 Å². The van der Waals surface area contributed by atoms with Gasteiger partial charge in [0.2, 0.25) is 0 Å². The minimum Gasteiger partial charge on any atom is -0.480 e. The van der Waals surface area contributed by atoms with Gasteiger partial charge in [-0.15, -0.1) is 5.10 Å². The molecule has 0 aromatic carbocycles. The minimum atomic E-state index is -1.05. The van der Waals surface area contributed by atoms with Crippen molar-refractivity contribution in [2.45, 2.75) is 25.4 Å². The summed E-state index contributed by atoms with van der Waals surface area (Å²) in [6, 6.07) is -0.955. The lowest BCUT2D eigenvalue weighted by Gasteiger charge is -2.10. The molecule has 1 rings (SSSR count). The Morgan fingerprint density at radius 1 is 1.60 bits per heavy atom. The molecule has 0 bridgehead atoms. The highest BCUT2D eigenvalue weighted by Crippen LogP contribution is 2.09. The second-order valence-corrected chi connectivity index (χ2v) is 4.02. The minimum absolute atomic E-state index is 0.0369. The number of aromatic nitrogens is 3. The van der Waals surface area contributed by atoms with Gasteiger partial charge in [-0.05, 0) is 24.9 Å². The first kappa shape index (κ1) is 15.9.